The van der Waals surface area contributed by atoms with Gasteiger partial charge >= 0.3 is 13.6 Å². The zero-order valence-electron chi connectivity index (χ0n) is 9.44. The summed E-state index contributed by atoms with van der Waals surface area (Å²) >= 11 is 0. The van der Waals surface area contributed by atoms with E-state index in [0.29, 0.717) is 12.0 Å². The Labute approximate surface area is 99.6 Å². The van der Waals surface area contributed by atoms with Crippen LogP contribution in [0.4, 0.5) is 0 Å². The third-order valence-electron chi connectivity index (χ3n) is 2.10. The summed E-state index contributed by atoms with van der Waals surface area (Å²) in [6, 6.07) is 8.12. The van der Waals surface area contributed by atoms with Crippen LogP contribution in [0.3, 0.4) is 0 Å². The zero-order chi connectivity index (χ0) is 12.9. The molecule has 0 saturated heterocycles. The second-order valence-electron chi connectivity index (χ2n) is 3.60. The molecule has 2 unspecified atom stereocenters. The third kappa shape index (κ3) is 4.30. The fourth-order valence-corrected chi connectivity index (χ4v) is 2.59. The SMILES string of the molecule is CCCP(=O)(O)OC(C(=O)O)c1ccccc1. The first kappa shape index (κ1) is 13.9. The van der Waals surface area contributed by atoms with Gasteiger partial charge < -0.3 is 10.00 Å². The van der Waals surface area contributed by atoms with Gasteiger partial charge in [0.15, 0.2) is 6.10 Å². The van der Waals surface area contributed by atoms with Crippen molar-refractivity contribution >= 4 is 13.6 Å². The molecule has 0 aliphatic carbocycles. The Morgan fingerprint density at radius 3 is 2.47 bits per heavy atom. The molecule has 2 N–H and O–H groups in total. The van der Waals surface area contributed by atoms with Crippen molar-refractivity contribution in [1.29, 1.82) is 0 Å². The van der Waals surface area contributed by atoms with Crippen molar-refractivity contribution in [2.24, 2.45) is 0 Å². The van der Waals surface area contributed by atoms with E-state index in [4.69, 9.17) is 9.63 Å². The number of carbonyl (C=O) groups is 1. The molecular formula is C11H15O5P. The third-order valence-corrected chi connectivity index (χ3v) is 3.66. The first-order valence-electron chi connectivity index (χ1n) is 5.24. The molecule has 5 nitrogen and oxygen atoms in total. The summed E-state index contributed by atoms with van der Waals surface area (Å²) in [4.78, 5) is 20.5. The maximum absolute atomic E-state index is 11.6. The lowest BCUT2D eigenvalue weighted by molar-refractivity contribution is -0.145. The van der Waals surface area contributed by atoms with Gasteiger partial charge in [-0.3, -0.25) is 9.09 Å². The lowest BCUT2D eigenvalue weighted by Gasteiger charge is -2.17. The second-order valence-corrected chi connectivity index (χ2v) is 5.53. The number of aliphatic carboxylic acids is 1. The lowest BCUT2D eigenvalue weighted by Crippen LogP contribution is -2.14. The highest BCUT2D eigenvalue weighted by Crippen LogP contribution is 2.47. The van der Waals surface area contributed by atoms with Gasteiger partial charge in [0, 0.05) is 6.16 Å². The van der Waals surface area contributed by atoms with Gasteiger partial charge in [0.05, 0.1) is 0 Å². The van der Waals surface area contributed by atoms with Gasteiger partial charge in [0.2, 0.25) is 0 Å². The Balaban J connectivity index is 2.89. The smallest absolute Gasteiger partial charge is 0.338 e. The molecule has 0 bridgehead atoms. The van der Waals surface area contributed by atoms with Crippen LogP contribution in [0.5, 0.6) is 0 Å². The van der Waals surface area contributed by atoms with Crippen molar-refractivity contribution < 1.29 is 23.9 Å². The molecule has 1 aromatic rings. The molecule has 6 heteroatoms. The van der Waals surface area contributed by atoms with Crippen LogP contribution in [0.15, 0.2) is 30.3 Å². The lowest BCUT2D eigenvalue weighted by atomic mass is 10.1. The largest absolute Gasteiger partial charge is 0.479 e. The molecular weight excluding hydrogens is 243 g/mol. The minimum absolute atomic E-state index is 0.0520. The average Bonchev–Trinajstić information content (AvgIpc) is 2.27. The predicted octanol–water partition coefficient (Wildman–Crippen LogP) is 2.42. The summed E-state index contributed by atoms with van der Waals surface area (Å²) in [5.41, 5.74) is 0.352. The van der Waals surface area contributed by atoms with E-state index >= 15 is 0 Å². The quantitative estimate of drug-likeness (QED) is 0.765. The van der Waals surface area contributed by atoms with Gasteiger partial charge in [-0.15, -0.1) is 0 Å². The summed E-state index contributed by atoms with van der Waals surface area (Å²) in [5, 5.41) is 9.00. The van der Waals surface area contributed by atoms with Crippen LogP contribution in [0, 0.1) is 0 Å². The standard InChI is InChI=1S/C11H15O5P/c1-2-8-17(14,15)16-10(11(12)13)9-6-4-3-5-7-9/h3-7,10H,2,8H2,1H3,(H,12,13)(H,14,15). The molecule has 0 fully saturated rings. The summed E-state index contributed by atoms with van der Waals surface area (Å²) in [7, 11) is -3.85. The van der Waals surface area contributed by atoms with Crippen molar-refractivity contribution in [1.82, 2.24) is 0 Å². The fourth-order valence-electron chi connectivity index (χ4n) is 1.38. The van der Waals surface area contributed by atoms with Gasteiger partial charge in [-0.1, -0.05) is 37.3 Å². The van der Waals surface area contributed by atoms with Crippen LogP contribution in [0.25, 0.3) is 0 Å². The number of hydrogen-bond acceptors (Lipinski definition) is 3. The van der Waals surface area contributed by atoms with Gasteiger partial charge in [0.25, 0.3) is 0 Å². The van der Waals surface area contributed by atoms with Crippen LogP contribution < -0.4 is 0 Å². The molecule has 0 heterocycles. The number of hydrogen-bond donors (Lipinski definition) is 2. The van der Waals surface area contributed by atoms with Crippen LogP contribution >= 0.6 is 7.60 Å². The van der Waals surface area contributed by atoms with E-state index in [1.807, 2.05) is 0 Å². The molecule has 0 amide bonds. The number of benzene rings is 1. The van der Waals surface area contributed by atoms with E-state index < -0.39 is 19.7 Å². The summed E-state index contributed by atoms with van der Waals surface area (Å²) in [6.07, 6.45) is -1.00. The zero-order valence-corrected chi connectivity index (χ0v) is 10.3. The molecule has 0 aromatic heterocycles. The van der Waals surface area contributed by atoms with E-state index in [-0.39, 0.29) is 6.16 Å². The summed E-state index contributed by atoms with van der Waals surface area (Å²) < 4.78 is 16.4. The Morgan fingerprint density at radius 2 is 2.00 bits per heavy atom. The van der Waals surface area contributed by atoms with Crippen molar-refractivity contribution in [2.75, 3.05) is 6.16 Å². The topological polar surface area (TPSA) is 83.8 Å². The molecule has 0 aliphatic heterocycles. The van der Waals surface area contributed by atoms with E-state index in [1.165, 1.54) is 0 Å². The number of carboxylic acids is 1. The van der Waals surface area contributed by atoms with Crippen molar-refractivity contribution in [3.05, 3.63) is 35.9 Å². The van der Waals surface area contributed by atoms with Gasteiger partial charge in [-0.25, -0.2) is 4.79 Å². The monoisotopic (exact) mass is 258 g/mol. The molecule has 0 radical (unpaired) electrons. The molecule has 94 valence electrons. The fraction of sp³-hybridized carbons (Fsp3) is 0.364. The highest BCUT2D eigenvalue weighted by atomic mass is 31.2. The normalized spacial score (nSPS) is 16.1. The molecule has 2 atom stereocenters. The first-order chi connectivity index (χ1) is 7.96. The summed E-state index contributed by atoms with van der Waals surface area (Å²) in [5.74, 6) is -1.28. The molecule has 0 aliphatic rings. The maximum atomic E-state index is 11.6. The van der Waals surface area contributed by atoms with Gasteiger partial charge in [0.1, 0.15) is 0 Å². The highest BCUT2D eigenvalue weighted by Gasteiger charge is 2.29. The second kappa shape index (κ2) is 5.96. The molecule has 17 heavy (non-hydrogen) atoms. The average molecular weight is 258 g/mol. The van der Waals surface area contributed by atoms with E-state index in [9.17, 15) is 14.3 Å². The van der Waals surface area contributed by atoms with Gasteiger partial charge in [-0.2, -0.15) is 0 Å². The molecule has 1 rings (SSSR count). The number of carboxylic acid groups (broad SMARTS) is 1. The highest BCUT2D eigenvalue weighted by molar-refractivity contribution is 7.52. The van der Waals surface area contributed by atoms with Crippen LogP contribution in [-0.4, -0.2) is 22.1 Å². The maximum Gasteiger partial charge on any atom is 0.338 e. The molecule has 0 saturated carbocycles. The molecule has 1 aromatic carbocycles. The Bertz CT molecular complexity index is 417. The predicted molar refractivity (Wildman–Crippen MR) is 62.9 cm³/mol. The van der Waals surface area contributed by atoms with Crippen LogP contribution in [0.1, 0.15) is 25.0 Å². The Kier molecular flexibility index (Phi) is 4.87. The van der Waals surface area contributed by atoms with E-state index in [0.717, 1.165) is 0 Å². The van der Waals surface area contributed by atoms with E-state index in [1.54, 1.807) is 37.3 Å². The van der Waals surface area contributed by atoms with Crippen LogP contribution in [-0.2, 0) is 13.9 Å². The minimum atomic E-state index is -3.85. The van der Waals surface area contributed by atoms with Crippen molar-refractivity contribution in [2.45, 2.75) is 19.4 Å². The Morgan fingerprint density at radius 1 is 1.41 bits per heavy atom. The number of rotatable bonds is 6. The minimum Gasteiger partial charge on any atom is -0.479 e. The van der Waals surface area contributed by atoms with Crippen molar-refractivity contribution in [3.8, 4) is 0 Å². The summed E-state index contributed by atoms with van der Waals surface area (Å²) in [6.45, 7) is 1.73. The van der Waals surface area contributed by atoms with Crippen LogP contribution in [0.2, 0.25) is 0 Å². The van der Waals surface area contributed by atoms with Gasteiger partial charge in [-0.05, 0) is 12.0 Å². The van der Waals surface area contributed by atoms with E-state index in [2.05, 4.69) is 0 Å². The Hall–Kier alpha value is -1.16. The first-order valence-corrected chi connectivity index (χ1v) is 7.00. The van der Waals surface area contributed by atoms with Crippen molar-refractivity contribution in [3.63, 3.8) is 0 Å². The molecule has 0 spiro atoms.